The number of nitrogens with one attached hydrogen (secondary N) is 1. The molecule has 0 bridgehead atoms. The normalized spacial score (nSPS) is 10.5. The van der Waals surface area contributed by atoms with Gasteiger partial charge in [0.15, 0.2) is 18.1 Å². The number of methoxy groups -OCH3 is 1. The number of benzene rings is 2. The Balaban J connectivity index is 1.92. The van der Waals surface area contributed by atoms with E-state index in [0.717, 1.165) is 24.1 Å². The molecule has 7 heteroatoms. The molecule has 0 saturated carbocycles. The fraction of sp³-hybridized carbons (Fsp3) is 0.278. The van der Waals surface area contributed by atoms with Gasteiger partial charge in [-0.15, -0.1) is 0 Å². The number of nitrogens with two attached hydrogens (primary N) is 1. The number of carbonyl (C=O) groups is 1. The Hall–Kier alpha value is -2.31. The largest absolute Gasteiger partial charge is 0.493 e. The summed E-state index contributed by atoms with van der Waals surface area (Å²) in [4.78, 5) is 10.8. The lowest BCUT2D eigenvalue weighted by Gasteiger charge is -2.14. The molecule has 5 nitrogen and oxygen atoms in total. The van der Waals surface area contributed by atoms with E-state index in [1.54, 1.807) is 24.3 Å². The monoisotopic (exact) mass is 366 g/mol. The summed E-state index contributed by atoms with van der Waals surface area (Å²) in [6, 6.07) is 9.96. The van der Waals surface area contributed by atoms with Gasteiger partial charge in [0, 0.05) is 6.54 Å². The van der Waals surface area contributed by atoms with E-state index in [1.165, 1.54) is 19.2 Å². The van der Waals surface area contributed by atoms with Gasteiger partial charge < -0.3 is 20.5 Å². The number of carbonyl (C=O) groups excluding carboxylic acids is 1. The Bertz CT molecular complexity index is 723. The van der Waals surface area contributed by atoms with E-state index in [0.29, 0.717) is 17.3 Å². The van der Waals surface area contributed by atoms with Crippen molar-refractivity contribution in [3.05, 3.63) is 58.4 Å². The lowest BCUT2D eigenvalue weighted by atomic mass is 10.1. The van der Waals surface area contributed by atoms with Crippen molar-refractivity contribution in [3.8, 4) is 11.5 Å². The zero-order valence-corrected chi connectivity index (χ0v) is 14.6. The second-order valence-electron chi connectivity index (χ2n) is 5.42. The minimum absolute atomic E-state index is 0.239. The number of amides is 1. The standard InChI is InChI=1S/C18H20ClFN2O3/c1-24-16-9-13(8-15(19)18(16)25-11-17(21)23)10-22-7-6-12-2-4-14(20)5-3-12/h2-5,8-9,22H,6-7,10-11H2,1H3,(H2,21,23). The van der Waals surface area contributed by atoms with Crippen LogP contribution in [0.5, 0.6) is 11.5 Å². The maximum Gasteiger partial charge on any atom is 0.255 e. The molecular formula is C18H20ClFN2O3. The smallest absolute Gasteiger partial charge is 0.255 e. The number of primary amides is 1. The molecule has 1 amide bonds. The predicted molar refractivity (Wildman–Crippen MR) is 94.5 cm³/mol. The highest BCUT2D eigenvalue weighted by molar-refractivity contribution is 6.32. The van der Waals surface area contributed by atoms with E-state index in [2.05, 4.69) is 5.32 Å². The van der Waals surface area contributed by atoms with Gasteiger partial charge in [-0.3, -0.25) is 4.79 Å². The van der Waals surface area contributed by atoms with Gasteiger partial charge in [0.05, 0.1) is 12.1 Å². The summed E-state index contributed by atoms with van der Waals surface area (Å²) in [5.74, 6) is -0.108. The van der Waals surface area contributed by atoms with Crippen LogP contribution in [0.3, 0.4) is 0 Å². The third-order valence-electron chi connectivity index (χ3n) is 3.48. The number of rotatable bonds is 9. The van der Waals surface area contributed by atoms with Gasteiger partial charge in [-0.1, -0.05) is 23.7 Å². The van der Waals surface area contributed by atoms with E-state index in [9.17, 15) is 9.18 Å². The summed E-state index contributed by atoms with van der Waals surface area (Å²) in [5.41, 5.74) is 7.04. The second kappa shape index (κ2) is 9.25. The topological polar surface area (TPSA) is 73.6 Å². The molecule has 0 aliphatic heterocycles. The number of hydrogen-bond donors (Lipinski definition) is 2. The molecule has 0 fully saturated rings. The van der Waals surface area contributed by atoms with Crippen LogP contribution in [0.15, 0.2) is 36.4 Å². The zero-order valence-electron chi connectivity index (χ0n) is 13.9. The Kier molecular flexibility index (Phi) is 7.03. The van der Waals surface area contributed by atoms with Gasteiger partial charge in [-0.2, -0.15) is 0 Å². The molecular weight excluding hydrogens is 347 g/mol. The molecule has 0 unspecified atom stereocenters. The maximum atomic E-state index is 12.9. The highest BCUT2D eigenvalue weighted by atomic mass is 35.5. The third kappa shape index (κ3) is 5.92. The fourth-order valence-corrected chi connectivity index (χ4v) is 2.56. The van der Waals surface area contributed by atoms with Crippen LogP contribution in [0.1, 0.15) is 11.1 Å². The van der Waals surface area contributed by atoms with Gasteiger partial charge >= 0.3 is 0 Å². The molecule has 2 aromatic rings. The Morgan fingerprint density at radius 2 is 1.96 bits per heavy atom. The first-order chi connectivity index (χ1) is 12.0. The van der Waals surface area contributed by atoms with E-state index in [1.807, 2.05) is 0 Å². The summed E-state index contributed by atoms with van der Waals surface area (Å²) < 4.78 is 23.4. The maximum absolute atomic E-state index is 12.9. The average molecular weight is 367 g/mol. The zero-order chi connectivity index (χ0) is 18.2. The fourth-order valence-electron chi connectivity index (χ4n) is 2.28. The van der Waals surface area contributed by atoms with E-state index in [-0.39, 0.29) is 18.2 Å². The molecule has 2 aromatic carbocycles. The lowest BCUT2D eigenvalue weighted by molar-refractivity contribution is -0.119. The number of hydrogen-bond acceptors (Lipinski definition) is 4. The molecule has 0 spiro atoms. The molecule has 25 heavy (non-hydrogen) atoms. The van der Waals surface area contributed by atoms with Crippen LogP contribution in [-0.4, -0.2) is 26.2 Å². The highest BCUT2D eigenvalue weighted by Gasteiger charge is 2.13. The second-order valence-corrected chi connectivity index (χ2v) is 5.82. The van der Waals surface area contributed by atoms with Gasteiger partial charge in [0.2, 0.25) is 0 Å². The van der Waals surface area contributed by atoms with Crippen molar-refractivity contribution in [3.63, 3.8) is 0 Å². The quantitative estimate of drug-likeness (QED) is 0.669. The molecule has 0 heterocycles. The van der Waals surface area contributed by atoms with Crippen LogP contribution in [-0.2, 0) is 17.8 Å². The SMILES string of the molecule is COc1cc(CNCCc2ccc(F)cc2)cc(Cl)c1OCC(N)=O. The van der Waals surface area contributed by atoms with Crippen molar-refractivity contribution < 1.29 is 18.7 Å². The number of ether oxygens (including phenoxy) is 2. The van der Waals surface area contributed by atoms with Gasteiger partial charge in [0.25, 0.3) is 5.91 Å². The molecule has 0 aromatic heterocycles. The molecule has 0 aliphatic rings. The predicted octanol–water partition coefficient (Wildman–Crippen LogP) is 2.68. The molecule has 2 rings (SSSR count). The van der Waals surface area contributed by atoms with Gasteiger partial charge in [0.1, 0.15) is 5.82 Å². The first-order valence-corrected chi connectivity index (χ1v) is 8.10. The molecule has 0 aliphatic carbocycles. The van der Waals surface area contributed by atoms with Crippen molar-refractivity contribution in [2.45, 2.75) is 13.0 Å². The Labute approximate surface area is 150 Å². The first kappa shape index (κ1) is 19.0. The van der Waals surface area contributed by atoms with Crippen molar-refractivity contribution >= 4 is 17.5 Å². The third-order valence-corrected chi connectivity index (χ3v) is 3.76. The Morgan fingerprint density at radius 1 is 1.24 bits per heavy atom. The average Bonchev–Trinajstić information content (AvgIpc) is 2.58. The van der Waals surface area contributed by atoms with Crippen LogP contribution in [0.25, 0.3) is 0 Å². The summed E-state index contributed by atoms with van der Waals surface area (Å²) >= 11 is 6.20. The van der Waals surface area contributed by atoms with Crippen molar-refractivity contribution in [2.75, 3.05) is 20.3 Å². The molecule has 3 N–H and O–H groups in total. The summed E-state index contributed by atoms with van der Waals surface area (Å²) in [5, 5.41) is 3.63. The Morgan fingerprint density at radius 3 is 2.60 bits per heavy atom. The van der Waals surface area contributed by atoms with E-state index in [4.69, 9.17) is 26.8 Å². The number of halogens is 2. The summed E-state index contributed by atoms with van der Waals surface area (Å²) in [6.07, 6.45) is 0.783. The van der Waals surface area contributed by atoms with E-state index < -0.39 is 5.91 Å². The minimum atomic E-state index is -0.593. The van der Waals surface area contributed by atoms with Gasteiger partial charge in [-0.05, 0) is 48.4 Å². The van der Waals surface area contributed by atoms with Crippen molar-refractivity contribution in [1.82, 2.24) is 5.32 Å². The first-order valence-electron chi connectivity index (χ1n) is 7.72. The molecule has 134 valence electrons. The van der Waals surface area contributed by atoms with Crippen LogP contribution in [0, 0.1) is 5.82 Å². The van der Waals surface area contributed by atoms with E-state index >= 15 is 0 Å². The van der Waals surface area contributed by atoms with Gasteiger partial charge in [-0.25, -0.2) is 4.39 Å². The molecule has 0 atom stereocenters. The minimum Gasteiger partial charge on any atom is -0.493 e. The highest BCUT2D eigenvalue weighted by Crippen LogP contribution is 2.36. The summed E-state index contributed by atoms with van der Waals surface area (Å²) in [6.45, 7) is 1.03. The van der Waals surface area contributed by atoms with Crippen LogP contribution in [0.2, 0.25) is 5.02 Å². The molecule has 0 saturated heterocycles. The molecule has 0 radical (unpaired) electrons. The van der Waals surface area contributed by atoms with Crippen molar-refractivity contribution in [2.24, 2.45) is 5.73 Å². The van der Waals surface area contributed by atoms with Crippen LogP contribution < -0.4 is 20.5 Å². The van der Waals surface area contributed by atoms with Crippen LogP contribution >= 0.6 is 11.6 Å². The lowest BCUT2D eigenvalue weighted by Crippen LogP contribution is -2.20. The van der Waals surface area contributed by atoms with Crippen molar-refractivity contribution in [1.29, 1.82) is 0 Å². The summed E-state index contributed by atoms with van der Waals surface area (Å²) in [7, 11) is 1.49. The van der Waals surface area contributed by atoms with Crippen LogP contribution in [0.4, 0.5) is 4.39 Å².